The topological polar surface area (TPSA) is 67.6 Å². The lowest BCUT2D eigenvalue weighted by Gasteiger charge is -2.19. The summed E-state index contributed by atoms with van der Waals surface area (Å²) in [6, 6.07) is 5.88. The number of hydrogen-bond acceptors (Lipinski definition) is 4. The predicted molar refractivity (Wildman–Crippen MR) is 79.6 cm³/mol. The molecule has 116 valence electrons. The number of carbonyl (C=O) groups excluding carboxylic acids is 1. The highest BCUT2D eigenvalue weighted by molar-refractivity contribution is 5.81. The number of hydrogen-bond donors (Lipinski definition) is 2. The summed E-state index contributed by atoms with van der Waals surface area (Å²) in [6.45, 7) is 2.59. The average Bonchev–Trinajstić information content (AvgIpc) is 2.94. The van der Waals surface area contributed by atoms with E-state index in [0.29, 0.717) is 12.5 Å². The second-order valence-corrected chi connectivity index (χ2v) is 5.38. The van der Waals surface area contributed by atoms with Crippen LogP contribution in [0.1, 0.15) is 6.42 Å². The summed E-state index contributed by atoms with van der Waals surface area (Å²) in [6.07, 6.45) is 0.997. The van der Waals surface area contributed by atoms with E-state index in [1.165, 1.54) is 19.2 Å². The summed E-state index contributed by atoms with van der Waals surface area (Å²) in [5, 5.41) is 2.86. The van der Waals surface area contributed by atoms with E-state index in [9.17, 15) is 9.18 Å². The van der Waals surface area contributed by atoms with Gasteiger partial charge < -0.3 is 20.7 Å². The Balaban J connectivity index is 1.77. The molecule has 1 aromatic rings. The maximum atomic E-state index is 12.9. The average molecular weight is 295 g/mol. The number of nitrogens with two attached hydrogens (primary N) is 1. The van der Waals surface area contributed by atoms with Crippen LogP contribution >= 0.6 is 0 Å². The van der Waals surface area contributed by atoms with Gasteiger partial charge in [-0.25, -0.2) is 4.39 Å². The fourth-order valence-corrected chi connectivity index (χ4v) is 2.52. The van der Waals surface area contributed by atoms with Crippen molar-refractivity contribution in [3.63, 3.8) is 0 Å². The van der Waals surface area contributed by atoms with Crippen LogP contribution in [0.15, 0.2) is 24.3 Å². The Kier molecular flexibility index (Phi) is 5.52. The number of nitrogens with one attached hydrogen (secondary N) is 1. The second kappa shape index (κ2) is 7.38. The Morgan fingerprint density at radius 3 is 2.90 bits per heavy atom. The molecule has 0 spiro atoms. The minimum absolute atomic E-state index is 0.183. The Hall–Kier alpha value is -1.66. The number of methoxy groups -OCH3 is 1. The molecule has 1 aliphatic heterocycles. The molecule has 0 saturated carbocycles. The van der Waals surface area contributed by atoms with Gasteiger partial charge in [0.05, 0.1) is 6.61 Å². The lowest BCUT2D eigenvalue weighted by Crippen LogP contribution is -2.45. The van der Waals surface area contributed by atoms with Crippen molar-refractivity contribution >= 4 is 11.6 Å². The fourth-order valence-electron chi connectivity index (χ4n) is 2.52. The number of carbonyl (C=O) groups is 1. The Bertz CT molecular complexity index is 466. The van der Waals surface area contributed by atoms with Crippen molar-refractivity contribution in [1.29, 1.82) is 0 Å². The van der Waals surface area contributed by atoms with E-state index >= 15 is 0 Å². The Morgan fingerprint density at radius 1 is 1.52 bits per heavy atom. The van der Waals surface area contributed by atoms with E-state index in [2.05, 4.69) is 10.2 Å². The van der Waals surface area contributed by atoms with E-state index in [4.69, 9.17) is 10.5 Å². The van der Waals surface area contributed by atoms with Crippen LogP contribution in [0.25, 0.3) is 0 Å². The smallest absolute Gasteiger partial charge is 0.239 e. The van der Waals surface area contributed by atoms with E-state index in [-0.39, 0.29) is 18.3 Å². The molecule has 1 fully saturated rings. The largest absolute Gasteiger partial charge is 0.383 e. The van der Waals surface area contributed by atoms with E-state index in [1.54, 1.807) is 12.1 Å². The van der Waals surface area contributed by atoms with Crippen molar-refractivity contribution < 1.29 is 13.9 Å². The van der Waals surface area contributed by atoms with Crippen LogP contribution in [0.5, 0.6) is 0 Å². The Morgan fingerprint density at radius 2 is 2.24 bits per heavy atom. The van der Waals surface area contributed by atoms with Crippen molar-refractivity contribution in [3.8, 4) is 0 Å². The van der Waals surface area contributed by atoms with Gasteiger partial charge >= 0.3 is 0 Å². The van der Waals surface area contributed by atoms with Gasteiger partial charge in [-0.1, -0.05) is 0 Å². The van der Waals surface area contributed by atoms with Gasteiger partial charge in [-0.2, -0.15) is 0 Å². The highest BCUT2D eigenvalue weighted by Crippen LogP contribution is 2.23. The minimum atomic E-state index is -0.621. The molecule has 1 aliphatic rings. The van der Waals surface area contributed by atoms with E-state index in [1.807, 2.05) is 0 Å². The van der Waals surface area contributed by atoms with Gasteiger partial charge in [0, 0.05) is 32.4 Å². The molecular weight excluding hydrogens is 273 g/mol. The number of benzene rings is 1. The number of ether oxygens (including phenoxy) is 1. The van der Waals surface area contributed by atoms with Crippen molar-refractivity contribution in [2.75, 3.05) is 38.3 Å². The molecule has 2 unspecified atom stereocenters. The van der Waals surface area contributed by atoms with E-state index < -0.39 is 6.04 Å². The molecule has 0 radical (unpaired) electrons. The standard InChI is InChI=1S/C15H22FN3O2/c1-21-10-14(17)15(20)18-8-11-6-7-19(9-11)13-4-2-12(16)3-5-13/h2-5,11,14H,6-10,17H2,1H3,(H,18,20). The zero-order valence-corrected chi connectivity index (χ0v) is 12.2. The number of rotatable bonds is 6. The number of halogens is 1. The summed E-state index contributed by atoms with van der Waals surface area (Å²) in [4.78, 5) is 13.9. The summed E-state index contributed by atoms with van der Waals surface area (Å²) in [5.74, 6) is -0.0280. The first-order valence-electron chi connectivity index (χ1n) is 7.13. The number of anilines is 1. The lowest BCUT2D eigenvalue weighted by atomic mass is 10.1. The maximum Gasteiger partial charge on any atom is 0.239 e. The van der Waals surface area contributed by atoms with E-state index in [0.717, 1.165) is 25.2 Å². The first-order valence-corrected chi connectivity index (χ1v) is 7.13. The molecule has 2 atom stereocenters. The lowest BCUT2D eigenvalue weighted by molar-refractivity contribution is -0.123. The van der Waals surface area contributed by atoms with Crippen LogP contribution in [0.4, 0.5) is 10.1 Å². The summed E-state index contributed by atoms with van der Waals surface area (Å²) < 4.78 is 17.8. The molecule has 1 heterocycles. The molecule has 1 saturated heterocycles. The maximum absolute atomic E-state index is 12.9. The fraction of sp³-hybridized carbons (Fsp3) is 0.533. The van der Waals surface area contributed by atoms with Gasteiger partial charge in [-0.05, 0) is 36.6 Å². The van der Waals surface area contributed by atoms with Crippen LogP contribution < -0.4 is 16.0 Å². The van der Waals surface area contributed by atoms with Crippen LogP contribution in [-0.2, 0) is 9.53 Å². The zero-order chi connectivity index (χ0) is 15.2. The van der Waals surface area contributed by atoms with Crippen LogP contribution in [0.3, 0.4) is 0 Å². The zero-order valence-electron chi connectivity index (χ0n) is 12.2. The molecule has 2 rings (SSSR count). The first-order chi connectivity index (χ1) is 10.1. The van der Waals surface area contributed by atoms with Crippen LogP contribution in [0, 0.1) is 11.7 Å². The molecule has 1 aromatic carbocycles. The third kappa shape index (κ3) is 4.41. The number of nitrogens with zero attached hydrogens (tertiary/aromatic N) is 1. The van der Waals surface area contributed by atoms with Gasteiger partial charge in [0.2, 0.25) is 5.91 Å². The second-order valence-electron chi connectivity index (χ2n) is 5.38. The molecule has 1 amide bonds. The molecular formula is C15H22FN3O2. The van der Waals surface area contributed by atoms with Gasteiger partial charge in [-0.3, -0.25) is 4.79 Å². The minimum Gasteiger partial charge on any atom is -0.383 e. The van der Waals surface area contributed by atoms with Crippen LogP contribution in [-0.4, -0.2) is 45.3 Å². The summed E-state index contributed by atoms with van der Waals surface area (Å²) in [5.41, 5.74) is 6.68. The van der Waals surface area contributed by atoms with Crippen molar-refractivity contribution in [2.45, 2.75) is 12.5 Å². The molecule has 3 N–H and O–H groups in total. The van der Waals surface area contributed by atoms with Gasteiger partial charge in [-0.15, -0.1) is 0 Å². The molecule has 21 heavy (non-hydrogen) atoms. The molecule has 6 heteroatoms. The molecule has 0 aliphatic carbocycles. The van der Waals surface area contributed by atoms with Gasteiger partial charge in [0.15, 0.2) is 0 Å². The molecule has 0 aromatic heterocycles. The summed E-state index contributed by atoms with van der Waals surface area (Å²) >= 11 is 0. The van der Waals surface area contributed by atoms with Crippen molar-refractivity contribution in [3.05, 3.63) is 30.1 Å². The normalized spacial score (nSPS) is 19.6. The highest BCUT2D eigenvalue weighted by Gasteiger charge is 2.24. The van der Waals surface area contributed by atoms with Gasteiger partial charge in [0.25, 0.3) is 0 Å². The summed E-state index contributed by atoms with van der Waals surface area (Å²) in [7, 11) is 1.52. The highest BCUT2D eigenvalue weighted by atomic mass is 19.1. The Labute approximate surface area is 124 Å². The van der Waals surface area contributed by atoms with Gasteiger partial charge in [0.1, 0.15) is 11.9 Å². The first kappa shape index (κ1) is 15.7. The third-order valence-electron chi connectivity index (χ3n) is 3.73. The predicted octanol–water partition coefficient (Wildman–Crippen LogP) is 0.742. The SMILES string of the molecule is COCC(N)C(=O)NCC1CCN(c2ccc(F)cc2)C1. The van der Waals surface area contributed by atoms with Crippen LogP contribution in [0.2, 0.25) is 0 Å². The van der Waals surface area contributed by atoms with Crippen molar-refractivity contribution in [2.24, 2.45) is 11.7 Å². The van der Waals surface area contributed by atoms with Crippen molar-refractivity contribution in [1.82, 2.24) is 5.32 Å². The monoisotopic (exact) mass is 295 g/mol. The molecule has 5 nitrogen and oxygen atoms in total. The molecule has 0 bridgehead atoms. The number of amides is 1. The quantitative estimate of drug-likeness (QED) is 0.812. The third-order valence-corrected chi connectivity index (χ3v) is 3.73.